The van der Waals surface area contributed by atoms with E-state index in [2.05, 4.69) is 23.2 Å². The lowest BCUT2D eigenvalue weighted by atomic mass is 9.86. The number of rotatable bonds is 6. The van der Waals surface area contributed by atoms with Crippen LogP contribution in [-0.2, 0) is 4.79 Å². The van der Waals surface area contributed by atoms with E-state index in [1.807, 2.05) is 66.9 Å². The van der Waals surface area contributed by atoms with Crippen molar-refractivity contribution >= 4 is 45.7 Å². The Labute approximate surface area is 185 Å². The predicted molar refractivity (Wildman–Crippen MR) is 127 cm³/mol. The first-order valence-electron chi connectivity index (χ1n) is 10.0. The average Bonchev–Trinajstić information content (AvgIpc) is 3.26. The largest absolute Gasteiger partial charge is 0.478 e. The number of hydrogen-bond donors (Lipinski definition) is 2. The van der Waals surface area contributed by atoms with Crippen LogP contribution < -0.4 is 0 Å². The van der Waals surface area contributed by atoms with Crippen LogP contribution in [0.3, 0.4) is 0 Å². The van der Waals surface area contributed by atoms with E-state index >= 15 is 0 Å². The topological polar surface area (TPSA) is 66.0 Å². The Kier molecular flexibility index (Phi) is 6.01. The van der Waals surface area contributed by atoms with Crippen LogP contribution in [0, 0.1) is 0 Å². The molecule has 0 saturated carbocycles. The van der Waals surface area contributed by atoms with Gasteiger partial charge in [0.05, 0.1) is 11.7 Å². The maximum Gasteiger partial charge on any atom is 0.328 e. The Morgan fingerprint density at radius 2 is 1.77 bits per heavy atom. The Bertz CT molecular complexity index is 1300. The van der Waals surface area contributed by atoms with Gasteiger partial charge in [-0.1, -0.05) is 73.1 Å². The molecule has 0 amide bonds. The highest BCUT2D eigenvalue weighted by Gasteiger charge is 2.17. The quantitative estimate of drug-likeness (QED) is 0.266. The summed E-state index contributed by atoms with van der Waals surface area (Å²) >= 11 is 6.59. The van der Waals surface area contributed by atoms with E-state index in [4.69, 9.17) is 16.7 Å². The maximum atomic E-state index is 10.8. The third-order valence-electron chi connectivity index (χ3n) is 5.23. The van der Waals surface area contributed by atoms with Gasteiger partial charge in [-0.2, -0.15) is 5.10 Å². The van der Waals surface area contributed by atoms with Crippen molar-refractivity contribution in [3.8, 4) is 0 Å². The van der Waals surface area contributed by atoms with Crippen molar-refractivity contribution in [2.75, 3.05) is 0 Å². The summed E-state index contributed by atoms with van der Waals surface area (Å²) in [6, 6.07) is 21.9. The minimum atomic E-state index is -0.969. The molecule has 0 saturated heterocycles. The second-order valence-electron chi connectivity index (χ2n) is 7.12. The molecule has 0 spiro atoms. The second-order valence-corrected chi connectivity index (χ2v) is 7.52. The lowest BCUT2D eigenvalue weighted by Crippen LogP contribution is -1.96. The molecule has 5 heteroatoms. The van der Waals surface area contributed by atoms with Crippen LogP contribution in [0.4, 0.5) is 0 Å². The molecular formula is C26H21ClN2O2. The summed E-state index contributed by atoms with van der Waals surface area (Å²) in [5, 5.41) is 17.9. The van der Waals surface area contributed by atoms with Gasteiger partial charge in [-0.15, -0.1) is 0 Å². The zero-order valence-corrected chi connectivity index (χ0v) is 17.7. The highest BCUT2D eigenvalue weighted by Crippen LogP contribution is 2.39. The van der Waals surface area contributed by atoms with Crippen LogP contribution in [0.25, 0.3) is 28.1 Å². The molecule has 0 aliphatic heterocycles. The van der Waals surface area contributed by atoms with Crippen molar-refractivity contribution in [3.05, 3.63) is 106 Å². The maximum absolute atomic E-state index is 10.8. The molecule has 4 rings (SSSR count). The minimum absolute atomic E-state index is 0.706. The Balaban J connectivity index is 1.97. The molecule has 0 fully saturated rings. The van der Waals surface area contributed by atoms with Crippen molar-refractivity contribution < 1.29 is 9.90 Å². The van der Waals surface area contributed by atoms with Gasteiger partial charge < -0.3 is 5.11 Å². The minimum Gasteiger partial charge on any atom is -0.478 e. The summed E-state index contributed by atoms with van der Waals surface area (Å²) in [7, 11) is 0. The van der Waals surface area contributed by atoms with E-state index in [9.17, 15) is 4.79 Å². The van der Waals surface area contributed by atoms with E-state index in [0.717, 1.165) is 56.8 Å². The molecule has 4 aromatic rings. The van der Waals surface area contributed by atoms with Crippen LogP contribution >= 0.6 is 11.6 Å². The van der Waals surface area contributed by atoms with E-state index < -0.39 is 5.97 Å². The van der Waals surface area contributed by atoms with E-state index in [-0.39, 0.29) is 0 Å². The lowest BCUT2D eigenvalue weighted by molar-refractivity contribution is -0.131. The molecule has 0 radical (unpaired) electrons. The number of halogens is 1. The molecule has 1 heterocycles. The normalized spacial score (nSPS) is 12.3. The van der Waals surface area contributed by atoms with Gasteiger partial charge in [-0.25, -0.2) is 4.79 Å². The number of nitrogens with zero attached hydrogens (tertiary/aromatic N) is 1. The molecule has 0 unspecified atom stereocenters. The van der Waals surface area contributed by atoms with Crippen LogP contribution in [0.5, 0.6) is 0 Å². The summed E-state index contributed by atoms with van der Waals surface area (Å²) in [6.45, 7) is 2.12. The van der Waals surface area contributed by atoms with Crippen molar-refractivity contribution in [1.82, 2.24) is 10.2 Å². The molecule has 154 valence electrons. The van der Waals surface area contributed by atoms with Crippen molar-refractivity contribution in [1.29, 1.82) is 0 Å². The third kappa shape index (κ3) is 4.30. The molecule has 3 aromatic carbocycles. The SMILES string of the molecule is CC/C(=C(/c1ccc(/C=C/C(=O)O)cc1)c1cccc2[nH]ncc12)c1ccccc1Cl. The lowest BCUT2D eigenvalue weighted by Gasteiger charge is -2.18. The highest BCUT2D eigenvalue weighted by atomic mass is 35.5. The van der Waals surface area contributed by atoms with Gasteiger partial charge in [0.2, 0.25) is 0 Å². The smallest absolute Gasteiger partial charge is 0.328 e. The number of aliphatic carboxylic acids is 1. The number of allylic oxidation sites excluding steroid dienone is 1. The van der Waals surface area contributed by atoms with Gasteiger partial charge in [0.25, 0.3) is 0 Å². The number of hydrogen-bond acceptors (Lipinski definition) is 2. The Morgan fingerprint density at radius 3 is 2.48 bits per heavy atom. The van der Waals surface area contributed by atoms with Gasteiger partial charge in [0.1, 0.15) is 0 Å². The molecule has 0 aliphatic rings. The van der Waals surface area contributed by atoms with E-state index in [1.54, 1.807) is 6.08 Å². The molecule has 0 atom stereocenters. The van der Waals surface area contributed by atoms with Gasteiger partial charge in [0.15, 0.2) is 0 Å². The zero-order valence-electron chi connectivity index (χ0n) is 17.0. The number of nitrogens with one attached hydrogen (secondary N) is 1. The fourth-order valence-electron chi connectivity index (χ4n) is 3.81. The fraction of sp³-hybridized carbons (Fsp3) is 0.0769. The first kappa shape index (κ1) is 20.6. The number of H-pyrrole nitrogens is 1. The number of fused-ring (bicyclic) bond motifs is 1. The molecule has 0 aliphatic carbocycles. The molecule has 31 heavy (non-hydrogen) atoms. The number of benzene rings is 3. The predicted octanol–water partition coefficient (Wildman–Crippen LogP) is 6.68. The average molecular weight is 429 g/mol. The van der Waals surface area contributed by atoms with Crippen molar-refractivity contribution in [2.24, 2.45) is 0 Å². The van der Waals surface area contributed by atoms with Crippen molar-refractivity contribution in [2.45, 2.75) is 13.3 Å². The summed E-state index contributed by atoms with van der Waals surface area (Å²) < 4.78 is 0. The van der Waals surface area contributed by atoms with Crippen LogP contribution in [0.2, 0.25) is 5.02 Å². The monoisotopic (exact) mass is 428 g/mol. The van der Waals surface area contributed by atoms with Crippen LogP contribution in [-0.4, -0.2) is 21.3 Å². The number of carbonyl (C=O) groups is 1. The summed E-state index contributed by atoms with van der Waals surface area (Å²) in [5.41, 5.74) is 7.09. The van der Waals surface area contributed by atoms with Gasteiger partial charge in [-0.05, 0) is 58.0 Å². The van der Waals surface area contributed by atoms with Crippen LogP contribution in [0.15, 0.2) is 79.0 Å². The first-order chi connectivity index (χ1) is 15.1. The van der Waals surface area contributed by atoms with Crippen molar-refractivity contribution in [3.63, 3.8) is 0 Å². The first-order valence-corrected chi connectivity index (χ1v) is 10.4. The van der Waals surface area contributed by atoms with Gasteiger partial charge >= 0.3 is 5.97 Å². The second kappa shape index (κ2) is 9.02. The molecule has 1 aromatic heterocycles. The summed E-state index contributed by atoms with van der Waals surface area (Å²) in [5.74, 6) is -0.969. The molecule has 0 bridgehead atoms. The summed E-state index contributed by atoms with van der Waals surface area (Å²) in [4.78, 5) is 10.8. The van der Waals surface area contributed by atoms with Gasteiger partial charge in [-0.3, -0.25) is 5.10 Å². The number of aromatic nitrogens is 2. The molecule has 4 nitrogen and oxygen atoms in total. The number of carboxylic acid groups (broad SMARTS) is 1. The number of aromatic amines is 1. The fourth-order valence-corrected chi connectivity index (χ4v) is 4.06. The number of carboxylic acids is 1. The Hall–Kier alpha value is -3.63. The highest BCUT2D eigenvalue weighted by molar-refractivity contribution is 6.32. The zero-order chi connectivity index (χ0) is 21.8. The van der Waals surface area contributed by atoms with Gasteiger partial charge in [0, 0.05) is 16.5 Å². The van der Waals surface area contributed by atoms with E-state index in [1.165, 1.54) is 0 Å². The third-order valence-corrected chi connectivity index (χ3v) is 5.56. The summed E-state index contributed by atoms with van der Waals surface area (Å²) in [6.07, 6.45) is 5.35. The van der Waals surface area contributed by atoms with Crippen LogP contribution in [0.1, 0.15) is 35.6 Å². The molecular weight excluding hydrogens is 408 g/mol. The molecule has 2 N–H and O–H groups in total. The Morgan fingerprint density at radius 1 is 1.03 bits per heavy atom. The van der Waals surface area contributed by atoms with E-state index in [0.29, 0.717) is 5.02 Å². The standard InChI is InChI=1S/C26H21ClN2O2/c1-2-19(20-6-3-4-8-23(20)27)26(21-7-5-9-24-22(21)16-28-29-24)18-13-10-17(11-14-18)12-15-25(30)31/h3-16H,2H2,1H3,(H,28,29)(H,30,31)/b15-12+,26-19+.